The van der Waals surface area contributed by atoms with Crippen LogP contribution in [0.1, 0.15) is 33.3 Å². The smallest absolute Gasteiger partial charge is 0.408 e. The Morgan fingerprint density at radius 1 is 1.19 bits per heavy atom. The number of esters is 1. The average molecular weight is 451 g/mol. The summed E-state index contributed by atoms with van der Waals surface area (Å²) in [6.45, 7) is 7.04. The second kappa shape index (κ2) is 10.3. The summed E-state index contributed by atoms with van der Waals surface area (Å²) in [5.41, 5.74) is -0.0709. The minimum Gasteiger partial charge on any atom is -0.494 e. The van der Waals surface area contributed by atoms with Crippen molar-refractivity contribution in [2.45, 2.75) is 39.3 Å². The van der Waals surface area contributed by atoms with Crippen LogP contribution in [-0.2, 0) is 19.1 Å². The lowest BCUT2D eigenvalue weighted by atomic mass is 10.2. The van der Waals surface area contributed by atoms with E-state index in [4.69, 9.17) is 9.47 Å². The van der Waals surface area contributed by atoms with Gasteiger partial charge in [-0.05, 0) is 63.2 Å². The van der Waals surface area contributed by atoms with Crippen molar-refractivity contribution in [1.82, 2.24) is 10.2 Å². The molecular formula is C21H26N2O7S. The van der Waals surface area contributed by atoms with Gasteiger partial charge < -0.3 is 19.5 Å². The van der Waals surface area contributed by atoms with Gasteiger partial charge in [-0.15, -0.1) is 0 Å². The summed E-state index contributed by atoms with van der Waals surface area (Å²) in [5, 5.41) is 1.80. The predicted molar refractivity (Wildman–Crippen MR) is 115 cm³/mol. The predicted octanol–water partition coefficient (Wildman–Crippen LogP) is 3.19. The molecule has 2 rings (SSSR count). The van der Waals surface area contributed by atoms with Crippen molar-refractivity contribution in [3.05, 3.63) is 34.7 Å². The molecule has 0 radical (unpaired) electrons. The van der Waals surface area contributed by atoms with Crippen molar-refractivity contribution >= 4 is 41.0 Å². The molecule has 31 heavy (non-hydrogen) atoms. The molecule has 9 nitrogen and oxygen atoms in total. The SMILES string of the molecule is CCOc1ccc(C=C2SC(=O)N(CC(NC(=O)OC(C)(C)C)C(=O)OC)C2=O)cc1. The third kappa shape index (κ3) is 7.02. The number of alkyl carbamates (subject to hydrolysis) is 1. The number of carbonyl (C=O) groups excluding carboxylic acids is 4. The lowest BCUT2D eigenvalue weighted by Crippen LogP contribution is -2.51. The second-order valence-electron chi connectivity index (χ2n) is 7.52. The van der Waals surface area contributed by atoms with E-state index in [1.807, 2.05) is 6.92 Å². The molecule has 3 amide bonds. The summed E-state index contributed by atoms with van der Waals surface area (Å²) in [7, 11) is 1.14. The molecule has 1 aromatic rings. The Kier molecular flexibility index (Phi) is 8.09. The molecule has 1 heterocycles. The first-order valence-electron chi connectivity index (χ1n) is 9.59. The standard InChI is InChI=1S/C21H26N2O7S/c1-6-29-14-9-7-13(8-10-14)11-16-17(24)23(20(27)31-16)12-15(18(25)28-5)22-19(26)30-21(2,3)4/h7-11,15H,6,12H2,1-5H3,(H,22,26). The number of thioether (sulfide) groups is 1. The molecular weight excluding hydrogens is 424 g/mol. The lowest BCUT2D eigenvalue weighted by Gasteiger charge is -2.24. The van der Waals surface area contributed by atoms with Crippen LogP contribution in [0.5, 0.6) is 5.75 Å². The topological polar surface area (TPSA) is 111 Å². The Morgan fingerprint density at radius 3 is 2.39 bits per heavy atom. The molecule has 168 valence electrons. The molecule has 1 fully saturated rings. The Bertz CT molecular complexity index is 875. The van der Waals surface area contributed by atoms with Crippen LogP contribution in [0.2, 0.25) is 0 Å². The van der Waals surface area contributed by atoms with Gasteiger partial charge in [0, 0.05) is 0 Å². The van der Waals surface area contributed by atoms with Gasteiger partial charge >= 0.3 is 12.1 Å². The highest BCUT2D eigenvalue weighted by Crippen LogP contribution is 2.32. The third-order valence-corrected chi connectivity index (χ3v) is 4.81. The van der Waals surface area contributed by atoms with E-state index in [9.17, 15) is 19.2 Å². The molecule has 1 aromatic carbocycles. The highest BCUT2D eigenvalue weighted by molar-refractivity contribution is 8.18. The van der Waals surface area contributed by atoms with Crippen molar-refractivity contribution in [1.29, 1.82) is 0 Å². The summed E-state index contributed by atoms with van der Waals surface area (Å²) in [6.07, 6.45) is 0.717. The summed E-state index contributed by atoms with van der Waals surface area (Å²) >= 11 is 0.753. The number of nitrogens with zero attached hydrogens (tertiary/aromatic N) is 1. The summed E-state index contributed by atoms with van der Waals surface area (Å²) in [4.78, 5) is 50.4. The first kappa shape index (κ1) is 24.3. The molecule has 1 aliphatic heterocycles. The lowest BCUT2D eigenvalue weighted by molar-refractivity contribution is -0.143. The maximum Gasteiger partial charge on any atom is 0.408 e. The largest absolute Gasteiger partial charge is 0.494 e. The van der Waals surface area contributed by atoms with Gasteiger partial charge in [0.15, 0.2) is 0 Å². The fraction of sp³-hybridized carbons (Fsp3) is 0.429. The van der Waals surface area contributed by atoms with Gasteiger partial charge in [0.2, 0.25) is 0 Å². The van der Waals surface area contributed by atoms with E-state index in [1.54, 1.807) is 51.1 Å². The van der Waals surface area contributed by atoms with Gasteiger partial charge in [0.05, 0.1) is 25.2 Å². The zero-order valence-electron chi connectivity index (χ0n) is 18.1. The molecule has 1 atom stereocenters. The van der Waals surface area contributed by atoms with Gasteiger partial charge in [-0.3, -0.25) is 14.5 Å². The fourth-order valence-corrected chi connectivity index (χ4v) is 3.44. The minimum absolute atomic E-state index is 0.204. The van der Waals surface area contributed by atoms with Crippen LogP contribution in [0.25, 0.3) is 6.08 Å². The van der Waals surface area contributed by atoms with Crippen molar-refractivity contribution in [2.75, 3.05) is 20.3 Å². The van der Waals surface area contributed by atoms with Gasteiger partial charge in [0.25, 0.3) is 11.1 Å². The van der Waals surface area contributed by atoms with Crippen molar-refractivity contribution < 1.29 is 33.4 Å². The van der Waals surface area contributed by atoms with Crippen LogP contribution in [0.15, 0.2) is 29.2 Å². The zero-order valence-corrected chi connectivity index (χ0v) is 18.9. The molecule has 10 heteroatoms. The van der Waals surface area contributed by atoms with Crippen LogP contribution >= 0.6 is 11.8 Å². The van der Waals surface area contributed by atoms with E-state index in [1.165, 1.54) is 0 Å². The van der Waals surface area contributed by atoms with Crippen LogP contribution in [0.4, 0.5) is 9.59 Å². The highest BCUT2D eigenvalue weighted by Gasteiger charge is 2.39. The Balaban J connectivity index is 2.13. The van der Waals surface area contributed by atoms with Crippen LogP contribution in [-0.4, -0.2) is 60.0 Å². The number of carbonyl (C=O) groups is 4. The van der Waals surface area contributed by atoms with E-state index >= 15 is 0 Å². The van der Waals surface area contributed by atoms with Crippen molar-refractivity contribution in [2.24, 2.45) is 0 Å². The van der Waals surface area contributed by atoms with Crippen molar-refractivity contribution in [3.63, 3.8) is 0 Å². The van der Waals surface area contributed by atoms with Gasteiger partial charge in [0.1, 0.15) is 17.4 Å². The number of hydrogen-bond donors (Lipinski definition) is 1. The third-order valence-electron chi connectivity index (χ3n) is 3.90. The second-order valence-corrected chi connectivity index (χ2v) is 8.51. The monoisotopic (exact) mass is 450 g/mol. The average Bonchev–Trinajstić information content (AvgIpc) is 2.94. The zero-order chi connectivity index (χ0) is 23.2. The molecule has 1 aliphatic rings. The number of ether oxygens (including phenoxy) is 3. The maximum absolute atomic E-state index is 12.7. The number of rotatable bonds is 7. The quantitative estimate of drug-likeness (QED) is 0.498. The minimum atomic E-state index is -1.27. The summed E-state index contributed by atoms with van der Waals surface area (Å²) in [5.74, 6) is -0.675. The number of nitrogens with one attached hydrogen (secondary N) is 1. The molecule has 1 N–H and O–H groups in total. The first-order chi connectivity index (χ1) is 14.5. The van der Waals surface area contributed by atoms with Gasteiger partial charge in [-0.25, -0.2) is 9.59 Å². The normalized spacial score (nSPS) is 16.3. The Hall–Kier alpha value is -3.01. The fourth-order valence-electron chi connectivity index (χ4n) is 2.59. The van der Waals surface area contributed by atoms with E-state index in [0.717, 1.165) is 23.8 Å². The number of benzene rings is 1. The Labute approximate surface area is 185 Å². The highest BCUT2D eigenvalue weighted by atomic mass is 32.2. The molecule has 0 aromatic heterocycles. The Morgan fingerprint density at radius 2 is 1.84 bits per heavy atom. The number of methoxy groups -OCH3 is 1. The van der Waals surface area contributed by atoms with Crippen LogP contribution in [0.3, 0.4) is 0 Å². The van der Waals surface area contributed by atoms with Crippen LogP contribution < -0.4 is 10.1 Å². The van der Waals surface area contributed by atoms with E-state index in [0.29, 0.717) is 17.9 Å². The summed E-state index contributed by atoms with van der Waals surface area (Å²) in [6, 6.07) is 5.79. The van der Waals surface area contributed by atoms with Gasteiger partial charge in [-0.2, -0.15) is 0 Å². The molecule has 0 spiro atoms. The van der Waals surface area contributed by atoms with E-state index in [2.05, 4.69) is 10.1 Å². The molecule has 1 unspecified atom stereocenters. The number of imide groups is 1. The molecule has 0 saturated carbocycles. The molecule has 1 saturated heterocycles. The van der Waals surface area contributed by atoms with Crippen LogP contribution in [0, 0.1) is 0 Å². The molecule has 0 bridgehead atoms. The number of amides is 3. The van der Waals surface area contributed by atoms with E-state index in [-0.39, 0.29) is 11.4 Å². The van der Waals surface area contributed by atoms with E-state index < -0.39 is 34.9 Å². The molecule has 0 aliphatic carbocycles. The first-order valence-corrected chi connectivity index (χ1v) is 10.4. The van der Waals surface area contributed by atoms with Crippen molar-refractivity contribution in [3.8, 4) is 5.75 Å². The van der Waals surface area contributed by atoms with Gasteiger partial charge in [-0.1, -0.05) is 12.1 Å². The summed E-state index contributed by atoms with van der Waals surface area (Å²) < 4.78 is 15.2. The number of hydrogen-bond acceptors (Lipinski definition) is 8. The maximum atomic E-state index is 12.7.